The first-order chi connectivity index (χ1) is 10.7. The maximum atomic E-state index is 13.2. The van der Waals surface area contributed by atoms with Crippen LogP contribution in [0.1, 0.15) is 22.3 Å². The van der Waals surface area contributed by atoms with Gasteiger partial charge in [0, 0.05) is 18.1 Å². The van der Waals surface area contributed by atoms with Gasteiger partial charge in [0.05, 0.1) is 5.69 Å². The van der Waals surface area contributed by atoms with Gasteiger partial charge in [0.25, 0.3) is 5.91 Å². The zero-order chi connectivity index (χ0) is 15.5. The van der Waals surface area contributed by atoms with Gasteiger partial charge in [-0.3, -0.25) is 4.79 Å². The minimum Gasteiger partial charge on any atom is -0.321 e. The molecule has 3 aromatic rings. The third-order valence-electron chi connectivity index (χ3n) is 3.13. The molecule has 3 rings (SSSR count). The lowest BCUT2D eigenvalue weighted by Crippen LogP contribution is -2.12. The molecule has 0 radical (unpaired) electrons. The number of nitrogens with one attached hydrogen (secondary N) is 1. The molecule has 2 heterocycles. The Hall–Kier alpha value is -2.47. The fraction of sp³-hybridized carbons (Fsp3) is 0.125. The number of anilines is 1. The molecule has 0 spiro atoms. The molecule has 0 saturated carbocycles. The van der Waals surface area contributed by atoms with Gasteiger partial charge in [-0.05, 0) is 36.8 Å². The summed E-state index contributed by atoms with van der Waals surface area (Å²) in [5.41, 5.74) is 1.17. The molecule has 0 saturated heterocycles. The molecular weight excluding hydrogens is 301 g/mol. The Morgan fingerprint density at radius 1 is 1.32 bits per heavy atom. The van der Waals surface area contributed by atoms with Crippen molar-refractivity contribution in [1.29, 1.82) is 0 Å². The summed E-state index contributed by atoms with van der Waals surface area (Å²) < 4.78 is 15.1. The predicted molar refractivity (Wildman–Crippen MR) is 85.2 cm³/mol. The molecule has 1 N–H and O–H groups in total. The molecule has 22 heavy (non-hydrogen) atoms. The average molecular weight is 315 g/mol. The van der Waals surface area contributed by atoms with Crippen LogP contribution in [0.2, 0.25) is 0 Å². The Labute approximate surface area is 131 Å². The van der Waals surface area contributed by atoms with Crippen molar-refractivity contribution in [2.24, 2.45) is 0 Å². The van der Waals surface area contributed by atoms with Crippen LogP contribution in [0.15, 0.2) is 48.8 Å². The molecular formula is C16H14FN3OS. The Bertz CT molecular complexity index is 796. The Morgan fingerprint density at radius 3 is 2.77 bits per heavy atom. The summed E-state index contributed by atoms with van der Waals surface area (Å²) in [7, 11) is 0. The third-order valence-corrected chi connectivity index (χ3v) is 4.24. The van der Waals surface area contributed by atoms with Crippen molar-refractivity contribution in [3.05, 3.63) is 65.2 Å². The van der Waals surface area contributed by atoms with Crippen LogP contribution >= 0.6 is 11.3 Å². The molecule has 4 nitrogen and oxygen atoms in total. The van der Waals surface area contributed by atoms with Crippen molar-refractivity contribution >= 4 is 22.9 Å². The number of carbonyl (C=O) groups excluding carboxylic acids is 1. The summed E-state index contributed by atoms with van der Waals surface area (Å²) in [5, 5.41) is 3.46. The minimum atomic E-state index is -0.383. The Morgan fingerprint density at radius 2 is 2.09 bits per heavy atom. The number of thiazole rings is 1. The van der Waals surface area contributed by atoms with Crippen LogP contribution in [0.3, 0.4) is 0 Å². The average Bonchev–Trinajstić information content (AvgIpc) is 3.16. The van der Waals surface area contributed by atoms with Crippen LogP contribution in [0.25, 0.3) is 5.13 Å². The molecule has 112 valence electrons. The quantitative estimate of drug-likeness (QED) is 0.794. The van der Waals surface area contributed by atoms with E-state index in [-0.39, 0.29) is 11.7 Å². The number of hydrogen-bond donors (Lipinski definition) is 1. The molecule has 1 amide bonds. The summed E-state index contributed by atoms with van der Waals surface area (Å²) in [6, 6.07) is 9.64. The first-order valence-corrected chi connectivity index (χ1v) is 7.69. The lowest BCUT2D eigenvalue weighted by Gasteiger charge is -2.04. The SMILES string of the molecule is CCc1nc(-n2cccc2)sc1C(=O)Nc1cccc(F)c1. The lowest BCUT2D eigenvalue weighted by molar-refractivity contribution is 0.102. The van der Waals surface area contributed by atoms with E-state index in [0.717, 1.165) is 10.8 Å². The number of amides is 1. The highest BCUT2D eigenvalue weighted by atomic mass is 32.1. The molecule has 0 aliphatic rings. The Kier molecular flexibility index (Phi) is 4.02. The molecule has 0 bridgehead atoms. The van der Waals surface area contributed by atoms with Crippen molar-refractivity contribution in [2.75, 3.05) is 5.32 Å². The Balaban J connectivity index is 1.88. The van der Waals surface area contributed by atoms with Crippen LogP contribution < -0.4 is 5.32 Å². The highest BCUT2D eigenvalue weighted by Gasteiger charge is 2.18. The highest BCUT2D eigenvalue weighted by molar-refractivity contribution is 7.16. The predicted octanol–water partition coefficient (Wildman–Crippen LogP) is 3.89. The summed E-state index contributed by atoms with van der Waals surface area (Å²) in [4.78, 5) is 17.5. The third kappa shape index (κ3) is 2.92. The van der Waals surface area contributed by atoms with E-state index < -0.39 is 0 Å². The second-order valence-corrected chi connectivity index (χ2v) is 5.66. The van der Waals surface area contributed by atoms with Gasteiger partial charge >= 0.3 is 0 Å². The summed E-state index contributed by atoms with van der Waals surface area (Å²) in [6.07, 6.45) is 4.42. The molecule has 0 atom stereocenters. The van der Waals surface area contributed by atoms with E-state index in [2.05, 4.69) is 10.3 Å². The molecule has 0 aliphatic carbocycles. The summed E-state index contributed by atoms with van der Waals surface area (Å²) >= 11 is 1.32. The van der Waals surface area contributed by atoms with Gasteiger partial charge in [0.2, 0.25) is 0 Å². The molecule has 0 aliphatic heterocycles. The van der Waals surface area contributed by atoms with Crippen molar-refractivity contribution in [2.45, 2.75) is 13.3 Å². The molecule has 6 heteroatoms. The van der Waals surface area contributed by atoms with E-state index in [4.69, 9.17) is 0 Å². The normalized spacial score (nSPS) is 10.6. The maximum absolute atomic E-state index is 13.2. The topological polar surface area (TPSA) is 46.9 Å². The van der Waals surface area contributed by atoms with Crippen LogP contribution in [0, 0.1) is 5.82 Å². The van der Waals surface area contributed by atoms with Crippen molar-refractivity contribution in [3.8, 4) is 5.13 Å². The van der Waals surface area contributed by atoms with Crippen molar-refractivity contribution < 1.29 is 9.18 Å². The fourth-order valence-corrected chi connectivity index (χ4v) is 3.10. The van der Waals surface area contributed by atoms with Crippen LogP contribution in [-0.4, -0.2) is 15.5 Å². The largest absolute Gasteiger partial charge is 0.321 e. The lowest BCUT2D eigenvalue weighted by atomic mass is 10.2. The zero-order valence-corrected chi connectivity index (χ0v) is 12.7. The van der Waals surface area contributed by atoms with E-state index in [0.29, 0.717) is 17.0 Å². The van der Waals surface area contributed by atoms with Crippen LogP contribution in [0.5, 0.6) is 0 Å². The first-order valence-electron chi connectivity index (χ1n) is 6.87. The van der Waals surface area contributed by atoms with E-state index in [1.807, 2.05) is 36.0 Å². The highest BCUT2D eigenvalue weighted by Crippen LogP contribution is 2.24. The number of halogens is 1. The standard InChI is InChI=1S/C16H14FN3OS/c1-2-13-14(22-16(19-13)20-8-3-4-9-20)15(21)18-12-7-5-6-11(17)10-12/h3-10H,2H2,1H3,(H,18,21). The monoisotopic (exact) mass is 315 g/mol. The van der Waals surface area contributed by atoms with E-state index in [1.165, 1.54) is 23.5 Å². The van der Waals surface area contributed by atoms with Gasteiger partial charge in [0.1, 0.15) is 10.7 Å². The van der Waals surface area contributed by atoms with Gasteiger partial charge in [0.15, 0.2) is 5.13 Å². The maximum Gasteiger partial charge on any atom is 0.267 e. The number of aryl methyl sites for hydroxylation is 1. The number of hydrogen-bond acceptors (Lipinski definition) is 3. The van der Waals surface area contributed by atoms with Gasteiger partial charge in [-0.2, -0.15) is 0 Å². The van der Waals surface area contributed by atoms with E-state index >= 15 is 0 Å². The first kappa shape index (κ1) is 14.5. The van der Waals surface area contributed by atoms with Crippen molar-refractivity contribution in [3.63, 3.8) is 0 Å². The fourth-order valence-electron chi connectivity index (χ4n) is 2.08. The molecule has 1 aromatic carbocycles. The van der Waals surface area contributed by atoms with E-state index in [1.54, 1.807) is 12.1 Å². The molecule has 0 fully saturated rings. The van der Waals surface area contributed by atoms with Crippen LogP contribution in [0.4, 0.5) is 10.1 Å². The second-order valence-electron chi connectivity index (χ2n) is 4.68. The van der Waals surface area contributed by atoms with E-state index in [9.17, 15) is 9.18 Å². The van der Waals surface area contributed by atoms with Gasteiger partial charge in [-0.1, -0.05) is 24.3 Å². The minimum absolute atomic E-state index is 0.265. The van der Waals surface area contributed by atoms with Gasteiger partial charge < -0.3 is 9.88 Å². The summed E-state index contributed by atoms with van der Waals surface area (Å²) in [6.45, 7) is 1.95. The number of benzene rings is 1. The molecule has 0 unspecified atom stereocenters. The van der Waals surface area contributed by atoms with Gasteiger partial charge in [-0.15, -0.1) is 0 Å². The smallest absolute Gasteiger partial charge is 0.267 e. The number of carbonyl (C=O) groups is 1. The van der Waals surface area contributed by atoms with Gasteiger partial charge in [-0.25, -0.2) is 9.37 Å². The van der Waals surface area contributed by atoms with Crippen LogP contribution in [-0.2, 0) is 6.42 Å². The molecule has 2 aromatic heterocycles. The second kappa shape index (κ2) is 6.11. The number of nitrogens with zero attached hydrogens (tertiary/aromatic N) is 2. The zero-order valence-electron chi connectivity index (χ0n) is 11.9. The number of aromatic nitrogens is 2. The number of rotatable bonds is 4. The summed E-state index contributed by atoms with van der Waals surface area (Å²) in [5.74, 6) is -0.649. The van der Waals surface area contributed by atoms with Crippen molar-refractivity contribution in [1.82, 2.24) is 9.55 Å².